The van der Waals surface area contributed by atoms with Crippen LogP contribution in [0.2, 0.25) is 0 Å². The smallest absolute Gasteiger partial charge is 0.218 e. The van der Waals surface area contributed by atoms with Crippen LogP contribution in [0.3, 0.4) is 0 Å². The largest absolute Gasteiger partial charge is 0.382 e. The van der Waals surface area contributed by atoms with E-state index in [2.05, 4.69) is 9.97 Å². The van der Waals surface area contributed by atoms with E-state index in [9.17, 15) is 8.42 Å². The molecule has 0 radical (unpaired) electrons. The third-order valence-electron chi connectivity index (χ3n) is 3.68. The van der Waals surface area contributed by atoms with Gasteiger partial charge in [0.05, 0.1) is 12.4 Å². The molecule has 2 heterocycles. The quantitative estimate of drug-likeness (QED) is 0.894. The molecule has 0 amide bonds. The first-order valence-electron chi connectivity index (χ1n) is 7.26. The van der Waals surface area contributed by atoms with Gasteiger partial charge in [-0.05, 0) is 5.56 Å². The molecule has 2 aromatic rings. The molecule has 1 aliphatic rings. The average Bonchev–Trinajstić information content (AvgIpc) is 2.56. The van der Waals surface area contributed by atoms with Crippen molar-refractivity contribution in [2.45, 2.75) is 11.9 Å². The summed E-state index contributed by atoms with van der Waals surface area (Å²) in [5.41, 5.74) is 7.05. The Morgan fingerprint density at radius 1 is 1.22 bits per heavy atom. The topological polar surface area (TPSA) is 98.4 Å². The Kier molecular flexibility index (Phi) is 4.56. The number of rotatable bonds is 4. The molecular formula is C15H18N4O3S. The van der Waals surface area contributed by atoms with Crippen LogP contribution in [0.5, 0.6) is 0 Å². The first kappa shape index (κ1) is 15.9. The zero-order valence-electron chi connectivity index (χ0n) is 12.5. The van der Waals surface area contributed by atoms with Crippen LogP contribution >= 0.6 is 0 Å². The van der Waals surface area contributed by atoms with Crippen molar-refractivity contribution in [2.24, 2.45) is 0 Å². The van der Waals surface area contributed by atoms with E-state index in [-0.39, 0.29) is 18.1 Å². The second kappa shape index (κ2) is 6.61. The van der Waals surface area contributed by atoms with Crippen molar-refractivity contribution >= 4 is 15.8 Å². The van der Waals surface area contributed by atoms with Crippen molar-refractivity contribution in [3.8, 4) is 0 Å². The van der Waals surface area contributed by atoms with Crippen LogP contribution in [0.15, 0.2) is 42.7 Å². The lowest BCUT2D eigenvalue weighted by Crippen LogP contribution is -2.43. The van der Waals surface area contributed by atoms with Gasteiger partial charge in [0.1, 0.15) is 17.6 Å². The molecule has 1 aromatic carbocycles. The van der Waals surface area contributed by atoms with Crippen LogP contribution in [-0.4, -0.2) is 42.4 Å². The summed E-state index contributed by atoms with van der Waals surface area (Å²) in [4.78, 5) is 8.15. The lowest BCUT2D eigenvalue weighted by atomic mass is 10.2. The Hall–Kier alpha value is -2.03. The van der Waals surface area contributed by atoms with E-state index in [1.54, 1.807) is 12.1 Å². The number of hydrogen-bond acceptors (Lipinski definition) is 6. The van der Waals surface area contributed by atoms with Gasteiger partial charge in [0.25, 0.3) is 0 Å². The Bertz CT molecular complexity index is 767. The maximum absolute atomic E-state index is 12.6. The normalized spacial score (nSPS) is 19.6. The predicted molar refractivity (Wildman–Crippen MR) is 85.8 cm³/mol. The van der Waals surface area contributed by atoms with Gasteiger partial charge in [-0.25, -0.2) is 13.4 Å². The fourth-order valence-corrected chi connectivity index (χ4v) is 4.04. The minimum absolute atomic E-state index is 0.0312. The van der Waals surface area contributed by atoms with E-state index in [1.807, 2.05) is 18.2 Å². The predicted octanol–water partition coefficient (Wildman–Crippen LogP) is 0.962. The lowest BCUT2D eigenvalue weighted by Gasteiger charge is -2.32. The van der Waals surface area contributed by atoms with Crippen LogP contribution in [-0.2, 0) is 20.5 Å². The van der Waals surface area contributed by atoms with E-state index >= 15 is 0 Å². The zero-order chi connectivity index (χ0) is 16.3. The van der Waals surface area contributed by atoms with Crippen molar-refractivity contribution in [3.05, 3.63) is 54.0 Å². The summed E-state index contributed by atoms with van der Waals surface area (Å²) in [5, 5.41) is 0. The number of ether oxygens (including phenoxy) is 1. The number of nitrogen functional groups attached to an aromatic ring is 1. The molecule has 122 valence electrons. The molecule has 0 unspecified atom stereocenters. The monoisotopic (exact) mass is 334 g/mol. The van der Waals surface area contributed by atoms with Gasteiger partial charge < -0.3 is 10.5 Å². The van der Waals surface area contributed by atoms with E-state index < -0.39 is 16.1 Å². The summed E-state index contributed by atoms with van der Waals surface area (Å²) in [6, 6.07) is 9.12. The summed E-state index contributed by atoms with van der Waals surface area (Å²) in [6.45, 7) is 0.818. The Morgan fingerprint density at radius 2 is 1.96 bits per heavy atom. The van der Waals surface area contributed by atoms with E-state index in [0.29, 0.717) is 18.8 Å². The molecule has 8 heteroatoms. The molecule has 2 N–H and O–H groups in total. The second-order valence-corrected chi connectivity index (χ2v) is 7.25. The van der Waals surface area contributed by atoms with Gasteiger partial charge in [-0.2, -0.15) is 4.31 Å². The van der Waals surface area contributed by atoms with Crippen LogP contribution in [0.1, 0.15) is 17.4 Å². The number of hydrogen-bond donors (Lipinski definition) is 1. The SMILES string of the molecule is Nc1nccnc1[C@H]1CN(S(=O)(=O)Cc2ccccc2)CCO1. The number of morpholine rings is 1. The van der Waals surface area contributed by atoms with Gasteiger partial charge in [0.2, 0.25) is 10.0 Å². The number of benzene rings is 1. The minimum Gasteiger partial charge on any atom is -0.382 e. The number of nitrogens with two attached hydrogens (primary N) is 1. The summed E-state index contributed by atoms with van der Waals surface area (Å²) in [6.07, 6.45) is 2.51. The van der Waals surface area contributed by atoms with Gasteiger partial charge in [0.15, 0.2) is 0 Å². The average molecular weight is 334 g/mol. The van der Waals surface area contributed by atoms with Crippen molar-refractivity contribution in [2.75, 3.05) is 25.4 Å². The molecule has 0 saturated carbocycles. The molecule has 1 aliphatic heterocycles. The third-order valence-corrected chi connectivity index (χ3v) is 5.49. The molecule has 7 nitrogen and oxygen atoms in total. The molecule has 1 fully saturated rings. The van der Waals surface area contributed by atoms with Crippen molar-refractivity contribution in [3.63, 3.8) is 0 Å². The van der Waals surface area contributed by atoms with Crippen LogP contribution in [0, 0.1) is 0 Å². The first-order chi connectivity index (χ1) is 11.1. The fraction of sp³-hybridized carbons (Fsp3) is 0.333. The van der Waals surface area contributed by atoms with Gasteiger partial charge >= 0.3 is 0 Å². The summed E-state index contributed by atoms with van der Waals surface area (Å²) in [5.74, 6) is 0.232. The summed E-state index contributed by atoms with van der Waals surface area (Å²) < 4.78 is 32.3. The maximum Gasteiger partial charge on any atom is 0.218 e. The molecular weight excluding hydrogens is 316 g/mol. The second-order valence-electron chi connectivity index (χ2n) is 5.29. The number of anilines is 1. The van der Waals surface area contributed by atoms with Gasteiger partial charge in [0, 0.05) is 25.5 Å². The molecule has 0 bridgehead atoms. The minimum atomic E-state index is -3.43. The first-order valence-corrected chi connectivity index (χ1v) is 8.87. The molecule has 0 spiro atoms. The molecule has 1 saturated heterocycles. The highest BCUT2D eigenvalue weighted by Gasteiger charge is 2.32. The number of sulfonamides is 1. The van der Waals surface area contributed by atoms with E-state index in [4.69, 9.17) is 10.5 Å². The highest BCUT2D eigenvalue weighted by molar-refractivity contribution is 7.88. The third kappa shape index (κ3) is 3.66. The van der Waals surface area contributed by atoms with Crippen LogP contribution in [0.25, 0.3) is 0 Å². The molecule has 23 heavy (non-hydrogen) atoms. The van der Waals surface area contributed by atoms with E-state index in [0.717, 1.165) is 5.56 Å². The van der Waals surface area contributed by atoms with Crippen molar-refractivity contribution < 1.29 is 13.2 Å². The van der Waals surface area contributed by atoms with E-state index in [1.165, 1.54) is 16.7 Å². The highest BCUT2D eigenvalue weighted by Crippen LogP contribution is 2.26. The lowest BCUT2D eigenvalue weighted by molar-refractivity contribution is -0.00470. The van der Waals surface area contributed by atoms with Crippen LogP contribution < -0.4 is 5.73 Å². The fourth-order valence-electron chi connectivity index (χ4n) is 2.53. The maximum atomic E-state index is 12.6. The Labute approximate surface area is 135 Å². The van der Waals surface area contributed by atoms with Crippen LogP contribution in [0.4, 0.5) is 5.82 Å². The van der Waals surface area contributed by atoms with Crippen molar-refractivity contribution in [1.29, 1.82) is 0 Å². The summed E-state index contributed by atoms with van der Waals surface area (Å²) >= 11 is 0. The van der Waals surface area contributed by atoms with Crippen molar-refractivity contribution in [1.82, 2.24) is 14.3 Å². The van der Waals surface area contributed by atoms with Gasteiger partial charge in [-0.15, -0.1) is 0 Å². The Balaban J connectivity index is 1.77. The molecule has 3 rings (SSSR count). The van der Waals surface area contributed by atoms with Gasteiger partial charge in [-0.3, -0.25) is 4.98 Å². The molecule has 1 aromatic heterocycles. The number of nitrogens with zero attached hydrogens (tertiary/aromatic N) is 3. The van der Waals surface area contributed by atoms with Gasteiger partial charge in [-0.1, -0.05) is 30.3 Å². The Morgan fingerprint density at radius 3 is 2.70 bits per heavy atom. The zero-order valence-corrected chi connectivity index (χ0v) is 13.3. The summed E-state index contributed by atoms with van der Waals surface area (Å²) in [7, 11) is -3.43. The number of aromatic nitrogens is 2. The molecule has 1 atom stereocenters. The highest BCUT2D eigenvalue weighted by atomic mass is 32.2. The standard InChI is InChI=1S/C15H18N4O3S/c16-15-14(17-6-7-18-15)13-10-19(8-9-22-13)23(20,21)11-12-4-2-1-3-5-12/h1-7,13H,8-11H2,(H2,16,18)/t13-/m1/s1. The molecule has 0 aliphatic carbocycles.